The van der Waals surface area contributed by atoms with E-state index in [9.17, 15) is 0 Å². The molecule has 0 aliphatic carbocycles. The van der Waals surface area contributed by atoms with Gasteiger partial charge >= 0.3 is 0 Å². The van der Waals surface area contributed by atoms with E-state index < -0.39 is 0 Å². The minimum atomic E-state index is 0.621. The van der Waals surface area contributed by atoms with Crippen LogP contribution in [0.1, 0.15) is 5.56 Å². The highest BCUT2D eigenvalue weighted by atomic mass is 16.5. The van der Waals surface area contributed by atoms with E-state index in [0.29, 0.717) is 5.82 Å². The predicted octanol–water partition coefficient (Wildman–Crippen LogP) is 4.87. The molecule has 0 radical (unpaired) electrons. The second-order valence-corrected chi connectivity index (χ2v) is 5.64. The molecule has 0 saturated heterocycles. The standard InChI is InChI=1S/C21H16N4O/c1-2-9-18(10-3-1)26-19-11-6-7-16(13-19)14-22-24-21-20-12-5-4-8-17(20)15-23-25-21/h1-15H,(H,24,25)/b22-14+. The minimum Gasteiger partial charge on any atom is -0.457 e. The van der Waals surface area contributed by atoms with Gasteiger partial charge in [0.15, 0.2) is 5.82 Å². The Morgan fingerprint density at radius 2 is 1.65 bits per heavy atom. The van der Waals surface area contributed by atoms with Crippen molar-refractivity contribution in [2.24, 2.45) is 5.10 Å². The van der Waals surface area contributed by atoms with Crippen LogP contribution in [-0.2, 0) is 0 Å². The summed E-state index contributed by atoms with van der Waals surface area (Å²) in [6.45, 7) is 0. The number of benzene rings is 3. The van der Waals surface area contributed by atoms with E-state index in [1.165, 1.54) is 0 Å². The molecule has 1 N–H and O–H groups in total. The Hall–Kier alpha value is -3.73. The van der Waals surface area contributed by atoms with Crippen molar-refractivity contribution in [1.82, 2.24) is 10.2 Å². The van der Waals surface area contributed by atoms with Crippen LogP contribution in [0.2, 0.25) is 0 Å². The van der Waals surface area contributed by atoms with Crippen molar-refractivity contribution in [1.29, 1.82) is 0 Å². The summed E-state index contributed by atoms with van der Waals surface area (Å²) in [6.07, 6.45) is 3.45. The Labute approximate surface area is 151 Å². The van der Waals surface area contributed by atoms with E-state index in [-0.39, 0.29) is 0 Å². The Kier molecular flexibility index (Phi) is 4.52. The van der Waals surface area contributed by atoms with Crippen molar-refractivity contribution in [3.05, 3.63) is 90.6 Å². The fourth-order valence-corrected chi connectivity index (χ4v) is 2.56. The molecule has 3 aromatic carbocycles. The molecule has 4 aromatic rings. The van der Waals surface area contributed by atoms with Crippen LogP contribution in [0.15, 0.2) is 90.2 Å². The van der Waals surface area contributed by atoms with Gasteiger partial charge in [0, 0.05) is 10.8 Å². The van der Waals surface area contributed by atoms with Crippen molar-refractivity contribution in [3.8, 4) is 11.5 Å². The monoisotopic (exact) mass is 340 g/mol. The molecule has 126 valence electrons. The van der Waals surface area contributed by atoms with E-state index in [0.717, 1.165) is 27.8 Å². The van der Waals surface area contributed by atoms with Gasteiger partial charge in [-0.1, -0.05) is 54.6 Å². The number of nitrogens with one attached hydrogen (secondary N) is 1. The van der Waals surface area contributed by atoms with Crippen LogP contribution < -0.4 is 10.2 Å². The largest absolute Gasteiger partial charge is 0.457 e. The highest BCUT2D eigenvalue weighted by Gasteiger charge is 2.01. The average molecular weight is 340 g/mol. The highest BCUT2D eigenvalue weighted by Crippen LogP contribution is 2.22. The summed E-state index contributed by atoms with van der Waals surface area (Å²) in [4.78, 5) is 0. The van der Waals surface area contributed by atoms with Crippen LogP contribution >= 0.6 is 0 Å². The number of hydrogen-bond acceptors (Lipinski definition) is 5. The third-order valence-corrected chi connectivity index (χ3v) is 3.79. The number of para-hydroxylation sites is 1. The molecular weight excluding hydrogens is 324 g/mol. The topological polar surface area (TPSA) is 59.4 Å². The molecule has 1 aromatic heterocycles. The first kappa shape index (κ1) is 15.8. The number of hydrogen-bond donors (Lipinski definition) is 1. The van der Waals surface area contributed by atoms with E-state index in [1.54, 1.807) is 12.4 Å². The van der Waals surface area contributed by atoms with Crippen LogP contribution in [0, 0.1) is 0 Å². The number of nitrogens with zero attached hydrogens (tertiary/aromatic N) is 3. The summed E-state index contributed by atoms with van der Waals surface area (Å²) >= 11 is 0. The van der Waals surface area contributed by atoms with Gasteiger partial charge < -0.3 is 4.74 Å². The quantitative estimate of drug-likeness (QED) is 0.416. The van der Waals surface area contributed by atoms with Crippen molar-refractivity contribution in [3.63, 3.8) is 0 Å². The highest BCUT2D eigenvalue weighted by molar-refractivity contribution is 5.91. The molecule has 0 unspecified atom stereocenters. The zero-order chi connectivity index (χ0) is 17.6. The van der Waals surface area contributed by atoms with E-state index in [1.807, 2.05) is 78.9 Å². The van der Waals surface area contributed by atoms with Crippen molar-refractivity contribution in [2.75, 3.05) is 5.43 Å². The van der Waals surface area contributed by atoms with Gasteiger partial charge in [-0.2, -0.15) is 10.2 Å². The molecule has 0 saturated carbocycles. The van der Waals surface area contributed by atoms with E-state index in [4.69, 9.17) is 4.74 Å². The summed E-state index contributed by atoms with van der Waals surface area (Å²) in [5.41, 5.74) is 3.88. The van der Waals surface area contributed by atoms with Crippen molar-refractivity contribution >= 4 is 22.8 Å². The van der Waals surface area contributed by atoms with Gasteiger partial charge in [0.25, 0.3) is 0 Å². The summed E-state index contributed by atoms with van der Waals surface area (Å²) < 4.78 is 5.84. The maximum atomic E-state index is 5.84. The summed E-state index contributed by atoms with van der Waals surface area (Å²) in [6, 6.07) is 25.3. The number of ether oxygens (including phenoxy) is 1. The number of aromatic nitrogens is 2. The maximum Gasteiger partial charge on any atom is 0.176 e. The van der Waals surface area contributed by atoms with Gasteiger partial charge in [0.2, 0.25) is 0 Å². The van der Waals surface area contributed by atoms with Gasteiger partial charge in [-0.25, -0.2) is 0 Å². The lowest BCUT2D eigenvalue weighted by atomic mass is 10.2. The molecular formula is C21H16N4O. The van der Waals surface area contributed by atoms with Crippen molar-refractivity contribution in [2.45, 2.75) is 0 Å². The van der Waals surface area contributed by atoms with Crippen LogP contribution in [0.25, 0.3) is 10.8 Å². The Bertz CT molecular complexity index is 1040. The van der Waals surface area contributed by atoms with Crippen LogP contribution in [-0.4, -0.2) is 16.4 Å². The molecule has 4 rings (SSSR count). The zero-order valence-corrected chi connectivity index (χ0v) is 13.9. The fourth-order valence-electron chi connectivity index (χ4n) is 2.56. The lowest BCUT2D eigenvalue weighted by molar-refractivity contribution is 0.482. The normalized spacial score (nSPS) is 10.9. The number of fused-ring (bicyclic) bond motifs is 1. The molecule has 0 atom stereocenters. The molecule has 0 bridgehead atoms. The van der Waals surface area contributed by atoms with Gasteiger partial charge in [-0.3, -0.25) is 5.43 Å². The Morgan fingerprint density at radius 1 is 0.846 bits per heavy atom. The molecule has 5 heteroatoms. The first-order chi connectivity index (χ1) is 12.9. The predicted molar refractivity (Wildman–Crippen MR) is 104 cm³/mol. The molecule has 0 aliphatic rings. The number of anilines is 1. The van der Waals surface area contributed by atoms with Crippen LogP contribution in [0.5, 0.6) is 11.5 Å². The first-order valence-corrected chi connectivity index (χ1v) is 8.21. The Balaban J connectivity index is 1.49. The lowest BCUT2D eigenvalue weighted by Crippen LogP contribution is -1.96. The van der Waals surface area contributed by atoms with Crippen LogP contribution in [0.3, 0.4) is 0 Å². The molecule has 26 heavy (non-hydrogen) atoms. The zero-order valence-electron chi connectivity index (χ0n) is 13.9. The molecule has 0 fully saturated rings. The summed E-state index contributed by atoms with van der Waals surface area (Å²) in [7, 11) is 0. The van der Waals surface area contributed by atoms with Gasteiger partial charge in [0.1, 0.15) is 11.5 Å². The third-order valence-electron chi connectivity index (χ3n) is 3.79. The molecule has 5 nitrogen and oxygen atoms in total. The summed E-state index contributed by atoms with van der Waals surface area (Å²) in [5, 5.41) is 14.4. The molecule has 0 aliphatic heterocycles. The van der Waals surface area contributed by atoms with E-state index >= 15 is 0 Å². The molecule has 1 heterocycles. The smallest absolute Gasteiger partial charge is 0.176 e. The van der Waals surface area contributed by atoms with Crippen molar-refractivity contribution < 1.29 is 4.74 Å². The number of hydrazone groups is 1. The fraction of sp³-hybridized carbons (Fsp3) is 0. The lowest BCUT2D eigenvalue weighted by Gasteiger charge is -2.06. The minimum absolute atomic E-state index is 0.621. The number of rotatable bonds is 5. The van der Waals surface area contributed by atoms with E-state index in [2.05, 4.69) is 20.7 Å². The molecule has 0 spiro atoms. The second kappa shape index (κ2) is 7.44. The summed E-state index contributed by atoms with van der Waals surface area (Å²) in [5.74, 6) is 2.17. The van der Waals surface area contributed by atoms with Gasteiger partial charge in [-0.15, -0.1) is 5.10 Å². The molecule has 0 amide bonds. The third kappa shape index (κ3) is 3.67. The average Bonchev–Trinajstić information content (AvgIpc) is 2.69. The first-order valence-electron chi connectivity index (χ1n) is 8.21. The Morgan fingerprint density at radius 3 is 2.58 bits per heavy atom. The van der Waals surface area contributed by atoms with Gasteiger partial charge in [-0.05, 0) is 29.8 Å². The van der Waals surface area contributed by atoms with Gasteiger partial charge in [0.05, 0.1) is 12.4 Å². The maximum absolute atomic E-state index is 5.84. The second-order valence-electron chi connectivity index (χ2n) is 5.64. The van der Waals surface area contributed by atoms with Crippen LogP contribution in [0.4, 0.5) is 5.82 Å². The SMILES string of the molecule is C(=N\Nc1nncc2ccccc12)/c1cccc(Oc2ccccc2)c1.